The van der Waals surface area contributed by atoms with E-state index in [9.17, 15) is 13.2 Å². The standard InChI is InChI=1S/C24H19ClN2O4S/c25-18-8-10-19(11-9-18)27-32(29,30)21-14-12-20(13-15-21)31-16-24(28)26-23-7-3-5-17-4-1-2-6-22(17)23/h1-15,27H,16H2,(H,26,28). The van der Waals surface area contributed by atoms with Crippen molar-refractivity contribution in [3.8, 4) is 5.75 Å². The average molecular weight is 467 g/mol. The number of anilines is 2. The first-order valence-electron chi connectivity index (χ1n) is 9.70. The van der Waals surface area contributed by atoms with Crippen LogP contribution in [0.2, 0.25) is 5.02 Å². The van der Waals surface area contributed by atoms with Crippen molar-refractivity contribution in [3.63, 3.8) is 0 Å². The lowest BCUT2D eigenvalue weighted by molar-refractivity contribution is -0.118. The molecule has 0 fully saturated rings. The van der Waals surface area contributed by atoms with Crippen molar-refractivity contribution in [2.45, 2.75) is 4.90 Å². The van der Waals surface area contributed by atoms with Crippen molar-refractivity contribution < 1.29 is 17.9 Å². The first-order valence-corrected chi connectivity index (χ1v) is 11.6. The lowest BCUT2D eigenvalue weighted by atomic mass is 10.1. The van der Waals surface area contributed by atoms with Crippen LogP contribution in [-0.2, 0) is 14.8 Å². The zero-order valence-corrected chi connectivity index (χ0v) is 18.4. The van der Waals surface area contributed by atoms with Gasteiger partial charge in [0.25, 0.3) is 15.9 Å². The van der Waals surface area contributed by atoms with Gasteiger partial charge >= 0.3 is 0 Å². The minimum atomic E-state index is -3.76. The number of hydrogen-bond acceptors (Lipinski definition) is 4. The molecular weight excluding hydrogens is 448 g/mol. The third-order valence-electron chi connectivity index (χ3n) is 4.66. The van der Waals surface area contributed by atoms with Crippen molar-refractivity contribution >= 4 is 49.7 Å². The summed E-state index contributed by atoms with van der Waals surface area (Å²) in [5.41, 5.74) is 1.10. The maximum absolute atomic E-state index is 12.5. The monoisotopic (exact) mass is 466 g/mol. The number of benzene rings is 4. The van der Waals surface area contributed by atoms with E-state index >= 15 is 0 Å². The molecular formula is C24H19ClN2O4S. The third kappa shape index (κ3) is 5.19. The molecule has 1 amide bonds. The first-order chi connectivity index (χ1) is 15.4. The molecule has 4 rings (SSSR count). The van der Waals surface area contributed by atoms with Crippen molar-refractivity contribution in [2.75, 3.05) is 16.6 Å². The summed E-state index contributed by atoms with van der Waals surface area (Å²) < 4.78 is 33.0. The number of sulfonamides is 1. The Hall–Kier alpha value is -3.55. The van der Waals surface area contributed by atoms with Crippen LogP contribution in [0.4, 0.5) is 11.4 Å². The van der Waals surface area contributed by atoms with Crippen LogP contribution in [-0.4, -0.2) is 20.9 Å². The van der Waals surface area contributed by atoms with E-state index < -0.39 is 10.0 Å². The average Bonchev–Trinajstić information content (AvgIpc) is 2.80. The van der Waals surface area contributed by atoms with Crippen LogP contribution in [0.15, 0.2) is 95.9 Å². The minimum Gasteiger partial charge on any atom is -0.484 e. The van der Waals surface area contributed by atoms with E-state index in [1.165, 1.54) is 24.3 Å². The van der Waals surface area contributed by atoms with E-state index in [-0.39, 0.29) is 17.4 Å². The van der Waals surface area contributed by atoms with Gasteiger partial charge in [0.15, 0.2) is 6.61 Å². The van der Waals surface area contributed by atoms with Crippen LogP contribution in [0.25, 0.3) is 10.8 Å². The molecule has 8 heteroatoms. The molecule has 162 valence electrons. The second-order valence-electron chi connectivity index (χ2n) is 6.95. The Balaban J connectivity index is 1.37. The minimum absolute atomic E-state index is 0.0695. The van der Waals surface area contributed by atoms with Crippen LogP contribution >= 0.6 is 11.6 Å². The fraction of sp³-hybridized carbons (Fsp3) is 0.0417. The lowest BCUT2D eigenvalue weighted by Gasteiger charge is -2.11. The van der Waals surface area contributed by atoms with E-state index in [1.807, 2.05) is 42.5 Å². The fourth-order valence-corrected chi connectivity index (χ4v) is 4.30. The predicted molar refractivity (Wildman–Crippen MR) is 127 cm³/mol. The van der Waals surface area contributed by atoms with Crippen LogP contribution in [0.5, 0.6) is 5.75 Å². The molecule has 0 aliphatic heterocycles. The molecule has 0 unspecified atom stereocenters. The zero-order valence-electron chi connectivity index (χ0n) is 16.8. The van der Waals surface area contributed by atoms with Crippen LogP contribution < -0.4 is 14.8 Å². The summed E-state index contributed by atoms with van der Waals surface area (Å²) in [4.78, 5) is 12.4. The molecule has 0 saturated heterocycles. The van der Waals surface area contributed by atoms with Gasteiger partial charge < -0.3 is 10.1 Å². The first kappa shape index (κ1) is 21.7. The normalized spacial score (nSPS) is 11.2. The summed E-state index contributed by atoms with van der Waals surface area (Å²) in [6.45, 7) is -0.210. The molecule has 32 heavy (non-hydrogen) atoms. The van der Waals surface area contributed by atoms with Crippen LogP contribution in [0, 0.1) is 0 Å². The van der Waals surface area contributed by atoms with Gasteiger partial charge in [-0.05, 0) is 60.0 Å². The molecule has 4 aromatic rings. The van der Waals surface area contributed by atoms with Gasteiger partial charge in [0.2, 0.25) is 0 Å². The SMILES string of the molecule is O=C(COc1ccc(S(=O)(=O)Nc2ccc(Cl)cc2)cc1)Nc1cccc2ccccc12. The van der Waals surface area contributed by atoms with Gasteiger partial charge in [0, 0.05) is 21.8 Å². The van der Waals surface area contributed by atoms with E-state index in [4.69, 9.17) is 16.3 Å². The quantitative estimate of drug-likeness (QED) is 0.386. The predicted octanol–water partition coefficient (Wildman–Crippen LogP) is 5.31. The highest BCUT2D eigenvalue weighted by Gasteiger charge is 2.14. The number of carbonyl (C=O) groups excluding carboxylic acids is 1. The van der Waals surface area contributed by atoms with E-state index in [0.717, 1.165) is 10.8 Å². The van der Waals surface area contributed by atoms with Gasteiger partial charge in [-0.15, -0.1) is 0 Å². The van der Waals surface area contributed by atoms with Crippen LogP contribution in [0.1, 0.15) is 0 Å². The van der Waals surface area contributed by atoms with Gasteiger partial charge in [-0.1, -0.05) is 48.0 Å². The molecule has 2 N–H and O–H groups in total. The molecule has 0 aliphatic carbocycles. The summed E-state index contributed by atoms with van der Waals surface area (Å²) in [7, 11) is -3.76. The van der Waals surface area contributed by atoms with E-state index in [0.29, 0.717) is 22.1 Å². The molecule has 0 radical (unpaired) electrons. The van der Waals surface area contributed by atoms with Gasteiger partial charge in [0.1, 0.15) is 5.75 Å². The molecule has 0 aliphatic rings. The van der Waals surface area contributed by atoms with Gasteiger partial charge in [0.05, 0.1) is 4.90 Å². The van der Waals surface area contributed by atoms with Gasteiger partial charge in [-0.2, -0.15) is 0 Å². The Bertz CT molecular complexity index is 1350. The second kappa shape index (κ2) is 9.30. The Morgan fingerprint density at radius 1 is 0.844 bits per heavy atom. The van der Waals surface area contributed by atoms with E-state index in [1.54, 1.807) is 24.3 Å². The molecule has 0 atom stereocenters. The van der Waals surface area contributed by atoms with Crippen LogP contribution in [0.3, 0.4) is 0 Å². The molecule has 0 bridgehead atoms. The van der Waals surface area contributed by atoms with Gasteiger partial charge in [-0.3, -0.25) is 9.52 Å². The maximum Gasteiger partial charge on any atom is 0.262 e. The summed E-state index contributed by atoms with van der Waals surface area (Å²) in [5, 5.41) is 5.32. The number of ether oxygens (including phenoxy) is 1. The molecule has 0 aromatic heterocycles. The van der Waals surface area contributed by atoms with Gasteiger partial charge in [-0.25, -0.2) is 8.42 Å². The highest BCUT2D eigenvalue weighted by Crippen LogP contribution is 2.23. The number of nitrogens with one attached hydrogen (secondary N) is 2. The molecule has 0 saturated carbocycles. The highest BCUT2D eigenvalue weighted by molar-refractivity contribution is 7.92. The topological polar surface area (TPSA) is 84.5 Å². The third-order valence-corrected chi connectivity index (χ3v) is 6.31. The Morgan fingerprint density at radius 3 is 2.28 bits per heavy atom. The smallest absolute Gasteiger partial charge is 0.262 e. The Morgan fingerprint density at radius 2 is 1.53 bits per heavy atom. The number of amides is 1. The van der Waals surface area contributed by atoms with Crippen molar-refractivity contribution in [3.05, 3.63) is 96.0 Å². The second-order valence-corrected chi connectivity index (χ2v) is 9.07. The number of carbonyl (C=O) groups is 1. The summed E-state index contributed by atoms with van der Waals surface area (Å²) in [5.74, 6) is 0.0611. The Kier molecular flexibility index (Phi) is 6.30. The maximum atomic E-state index is 12.5. The summed E-state index contributed by atoms with van der Waals surface area (Å²) in [6.07, 6.45) is 0. The molecule has 4 aromatic carbocycles. The summed E-state index contributed by atoms with van der Waals surface area (Å²) in [6, 6.07) is 25.6. The van der Waals surface area contributed by atoms with Crippen molar-refractivity contribution in [2.24, 2.45) is 0 Å². The highest BCUT2D eigenvalue weighted by atomic mass is 35.5. The molecule has 0 heterocycles. The molecule has 6 nitrogen and oxygen atoms in total. The molecule has 0 spiro atoms. The Labute approximate surface area is 190 Å². The van der Waals surface area contributed by atoms with Crippen molar-refractivity contribution in [1.29, 1.82) is 0 Å². The lowest BCUT2D eigenvalue weighted by Crippen LogP contribution is -2.20. The number of hydrogen-bond donors (Lipinski definition) is 2. The van der Waals surface area contributed by atoms with E-state index in [2.05, 4.69) is 10.0 Å². The fourth-order valence-electron chi connectivity index (χ4n) is 3.12. The summed E-state index contributed by atoms with van der Waals surface area (Å²) >= 11 is 5.82. The largest absolute Gasteiger partial charge is 0.484 e. The zero-order chi connectivity index (χ0) is 22.6. The van der Waals surface area contributed by atoms with Crippen molar-refractivity contribution in [1.82, 2.24) is 0 Å². The number of halogens is 1. The number of fused-ring (bicyclic) bond motifs is 1. The number of rotatable bonds is 7.